The predicted molar refractivity (Wildman–Crippen MR) is 133 cm³/mol. The van der Waals surface area contributed by atoms with Gasteiger partial charge in [-0.3, -0.25) is 0 Å². The van der Waals surface area contributed by atoms with Crippen LogP contribution in [0.4, 0.5) is 5.82 Å². The molecular weight excluding hydrogens is 426 g/mol. The third-order valence-electron chi connectivity index (χ3n) is 6.91. The topological polar surface area (TPSA) is 94.1 Å². The fourth-order valence-electron chi connectivity index (χ4n) is 5.07. The Hall–Kier alpha value is -3.49. The van der Waals surface area contributed by atoms with E-state index in [1.807, 2.05) is 54.6 Å². The van der Waals surface area contributed by atoms with Gasteiger partial charge in [-0.2, -0.15) is 5.10 Å². The summed E-state index contributed by atoms with van der Waals surface area (Å²) in [6, 6.07) is 18.1. The highest BCUT2D eigenvalue weighted by molar-refractivity contribution is 5.98. The number of hydrogen-bond acceptors (Lipinski definition) is 7. The molecule has 0 amide bonds. The van der Waals surface area contributed by atoms with Crippen LogP contribution in [0, 0.1) is 5.92 Å². The van der Waals surface area contributed by atoms with Crippen LogP contribution in [-0.2, 0) is 0 Å². The van der Waals surface area contributed by atoms with Crippen molar-refractivity contribution in [2.24, 2.45) is 5.92 Å². The maximum Gasteiger partial charge on any atom is 0.164 e. The third kappa shape index (κ3) is 4.10. The summed E-state index contributed by atoms with van der Waals surface area (Å²) in [5.41, 5.74) is 8.92. The Balaban J connectivity index is 1.23. The molecule has 1 aliphatic heterocycles. The van der Waals surface area contributed by atoms with Crippen molar-refractivity contribution in [1.29, 1.82) is 0 Å². The molecule has 8 heteroatoms. The van der Waals surface area contributed by atoms with E-state index >= 15 is 0 Å². The van der Waals surface area contributed by atoms with E-state index in [2.05, 4.69) is 24.9 Å². The maximum atomic E-state index is 6.31. The number of para-hydroxylation sites is 1. The molecule has 0 spiro atoms. The van der Waals surface area contributed by atoms with Crippen molar-refractivity contribution in [2.75, 3.05) is 38.5 Å². The molecule has 3 N–H and O–H groups in total. The molecule has 6 rings (SSSR count). The number of nitrogen functional groups attached to an aromatic ring is 1. The molecule has 174 valence electrons. The molecule has 34 heavy (non-hydrogen) atoms. The lowest BCUT2D eigenvalue weighted by atomic mass is 9.80. The SMILES string of the molecule is Nc1ncnc2c1c(-c1ccc(Oc3ccccc3)cc1)nn2C1CC(CN2CCNCC2)C1. The average Bonchev–Trinajstić information content (AvgIpc) is 3.23. The monoisotopic (exact) mass is 455 g/mol. The van der Waals surface area contributed by atoms with Crippen molar-refractivity contribution in [1.82, 2.24) is 30.0 Å². The van der Waals surface area contributed by atoms with Gasteiger partial charge in [-0.05, 0) is 55.2 Å². The zero-order valence-corrected chi connectivity index (χ0v) is 19.1. The van der Waals surface area contributed by atoms with Gasteiger partial charge in [-0.1, -0.05) is 18.2 Å². The molecule has 2 aromatic carbocycles. The zero-order chi connectivity index (χ0) is 22.9. The van der Waals surface area contributed by atoms with Crippen LogP contribution >= 0.6 is 0 Å². The number of benzene rings is 2. The number of anilines is 1. The maximum absolute atomic E-state index is 6.31. The fourth-order valence-corrected chi connectivity index (χ4v) is 5.07. The van der Waals surface area contributed by atoms with Crippen LogP contribution in [0.25, 0.3) is 22.3 Å². The van der Waals surface area contributed by atoms with Gasteiger partial charge in [0.05, 0.1) is 11.4 Å². The summed E-state index contributed by atoms with van der Waals surface area (Å²) >= 11 is 0. The van der Waals surface area contributed by atoms with E-state index in [1.54, 1.807) is 0 Å². The molecule has 1 aliphatic carbocycles. The van der Waals surface area contributed by atoms with Crippen LogP contribution in [0.15, 0.2) is 60.9 Å². The van der Waals surface area contributed by atoms with Crippen LogP contribution in [0.5, 0.6) is 11.5 Å². The summed E-state index contributed by atoms with van der Waals surface area (Å²) < 4.78 is 8.02. The number of hydrogen-bond donors (Lipinski definition) is 2. The van der Waals surface area contributed by atoms with E-state index in [-0.39, 0.29) is 0 Å². The van der Waals surface area contributed by atoms with E-state index in [1.165, 1.54) is 12.9 Å². The molecule has 2 aliphatic rings. The molecule has 0 unspecified atom stereocenters. The lowest BCUT2D eigenvalue weighted by Crippen LogP contribution is -2.47. The standard InChI is InChI=1S/C26H29N7O/c27-25-23-24(19-6-8-22(9-7-19)34-21-4-2-1-3-5-21)31-33(26(23)30-17-29-25)20-14-18(15-20)16-32-12-10-28-11-13-32/h1-9,17-18,20,28H,10-16H2,(H2,27,29,30). The molecule has 8 nitrogen and oxygen atoms in total. The molecule has 4 aromatic rings. The van der Waals surface area contributed by atoms with Crippen molar-refractivity contribution in [3.8, 4) is 22.8 Å². The first-order valence-electron chi connectivity index (χ1n) is 12.0. The molecule has 0 bridgehead atoms. The number of fused-ring (bicyclic) bond motifs is 1. The summed E-state index contributed by atoms with van der Waals surface area (Å²) in [5.74, 6) is 2.76. The minimum Gasteiger partial charge on any atom is -0.457 e. The van der Waals surface area contributed by atoms with Gasteiger partial charge in [0.2, 0.25) is 0 Å². The summed E-state index contributed by atoms with van der Waals surface area (Å²) in [7, 11) is 0. The highest BCUT2D eigenvalue weighted by Gasteiger charge is 2.34. The minimum atomic E-state index is 0.346. The molecule has 0 radical (unpaired) electrons. The second kappa shape index (κ2) is 9.04. The second-order valence-corrected chi connectivity index (χ2v) is 9.23. The van der Waals surface area contributed by atoms with Crippen molar-refractivity contribution < 1.29 is 4.74 Å². The van der Waals surface area contributed by atoms with Gasteiger partial charge in [0.25, 0.3) is 0 Å². The Morgan fingerprint density at radius 3 is 2.44 bits per heavy atom. The first-order chi connectivity index (χ1) is 16.7. The third-order valence-corrected chi connectivity index (χ3v) is 6.91. The van der Waals surface area contributed by atoms with Gasteiger partial charge >= 0.3 is 0 Å². The quantitative estimate of drug-likeness (QED) is 0.458. The van der Waals surface area contributed by atoms with E-state index in [0.29, 0.717) is 17.8 Å². The smallest absolute Gasteiger partial charge is 0.164 e. The molecular formula is C26H29N7O. The van der Waals surface area contributed by atoms with Gasteiger partial charge in [-0.25, -0.2) is 14.6 Å². The molecule has 1 saturated heterocycles. The van der Waals surface area contributed by atoms with E-state index in [9.17, 15) is 0 Å². The van der Waals surface area contributed by atoms with Crippen LogP contribution < -0.4 is 15.8 Å². The van der Waals surface area contributed by atoms with Crippen molar-refractivity contribution in [2.45, 2.75) is 18.9 Å². The molecule has 0 atom stereocenters. The number of aromatic nitrogens is 4. The van der Waals surface area contributed by atoms with Crippen LogP contribution in [-0.4, -0.2) is 57.4 Å². The van der Waals surface area contributed by atoms with E-state index in [4.69, 9.17) is 15.6 Å². The first kappa shape index (κ1) is 21.1. The number of nitrogens with two attached hydrogens (primary N) is 1. The Labute approximate surface area is 198 Å². The van der Waals surface area contributed by atoms with Gasteiger partial charge in [0.1, 0.15) is 29.3 Å². The Morgan fingerprint density at radius 2 is 1.68 bits per heavy atom. The molecule has 2 aromatic heterocycles. The zero-order valence-electron chi connectivity index (χ0n) is 19.1. The summed E-state index contributed by atoms with van der Waals surface area (Å²) in [4.78, 5) is 11.4. The number of ether oxygens (including phenoxy) is 1. The highest BCUT2D eigenvalue weighted by atomic mass is 16.5. The fraction of sp³-hybridized carbons (Fsp3) is 0.346. The minimum absolute atomic E-state index is 0.346. The average molecular weight is 456 g/mol. The number of rotatable bonds is 6. The predicted octanol–water partition coefficient (Wildman–Crippen LogP) is 3.72. The van der Waals surface area contributed by atoms with Crippen LogP contribution in [0.3, 0.4) is 0 Å². The van der Waals surface area contributed by atoms with E-state index in [0.717, 1.165) is 72.8 Å². The first-order valence-corrected chi connectivity index (χ1v) is 12.0. The molecule has 1 saturated carbocycles. The highest BCUT2D eigenvalue weighted by Crippen LogP contribution is 2.41. The van der Waals surface area contributed by atoms with Gasteiger partial charge in [0.15, 0.2) is 5.65 Å². The van der Waals surface area contributed by atoms with Gasteiger partial charge < -0.3 is 20.7 Å². The number of piperazine rings is 1. The Morgan fingerprint density at radius 1 is 0.941 bits per heavy atom. The van der Waals surface area contributed by atoms with Crippen molar-refractivity contribution in [3.63, 3.8) is 0 Å². The summed E-state index contributed by atoms with van der Waals surface area (Å²) in [6.07, 6.45) is 3.77. The van der Waals surface area contributed by atoms with E-state index < -0.39 is 0 Å². The lowest BCUT2D eigenvalue weighted by Gasteiger charge is -2.39. The van der Waals surface area contributed by atoms with Crippen LogP contribution in [0.2, 0.25) is 0 Å². The van der Waals surface area contributed by atoms with Crippen LogP contribution in [0.1, 0.15) is 18.9 Å². The van der Waals surface area contributed by atoms with Gasteiger partial charge in [-0.15, -0.1) is 0 Å². The largest absolute Gasteiger partial charge is 0.457 e. The molecule has 3 heterocycles. The normalized spacial score (nSPS) is 20.8. The lowest BCUT2D eigenvalue weighted by molar-refractivity contribution is 0.116. The second-order valence-electron chi connectivity index (χ2n) is 9.23. The Bertz CT molecular complexity index is 1260. The summed E-state index contributed by atoms with van der Waals surface area (Å²) in [6.45, 7) is 5.64. The number of nitrogens with one attached hydrogen (secondary N) is 1. The van der Waals surface area contributed by atoms with Crippen molar-refractivity contribution >= 4 is 16.9 Å². The van der Waals surface area contributed by atoms with Crippen molar-refractivity contribution in [3.05, 3.63) is 60.9 Å². The molecule has 2 fully saturated rings. The number of nitrogens with zero attached hydrogens (tertiary/aromatic N) is 5. The Kier molecular flexibility index (Phi) is 5.60. The summed E-state index contributed by atoms with van der Waals surface area (Å²) in [5, 5.41) is 9.26. The van der Waals surface area contributed by atoms with Gasteiger partial charge in [0, 0.05) is 38.3 Å².